The Morgan fingerprint density at radius 2 is 1.45 bits per heavy atom. The van der Waals surface area contributed by atoms with Crippen LogP contribution in [0.1, 0.15) is 55.5 Å². The van der Waals surface area contributed by atoms with Crippen LogP contribution in [0, 0.1) is 5.92 Å². The summed E-state index contributed by atoms with van der Waals surface area (Å²) >= 11 is 0. The monoisotopic (exact) mass is 706 g/mol. The molecule has 4 N–H and O–H groups in total. The molecular weight excluding hydrogens is 652 g/mol. The third kappa shape index (κ3) is 13.6. The van der Waals surface area contributed by atoms with Crippen LogP contribution < -0.4 is 15.4 Å². The van der Waals surface area contributed by atoms with E-state index in [0.717, 1.165) is 22.3 Å². The van der Waals surface area contributed by atoms with Crippen molar-refractivity contribution in [2.24, 2.45) is 5.92 Å². The summed E-state index contributed by atoms with van der Waals surface area (Å²) in [5.74, 6) is -0.325. The van der Waals surface area contributed by atoms with E-state index >= 15 is 0 Å². The van der Waals surface area contributed by atoms with Gasteiger partial charge in [-0.3, -0.25) is 4.79 Å². The lowest BCUT2D eigenvalue weighted by Crippen LogP contribution is -2.48. The van der Waals surface area contributed by atoms with Crippen molar-refractivity contribution in [1.82, 2.24) is 10.6 Å². The zero-order valence-corrected chi connectivity index (χ0v) is 30.2. The quantitative estimate of drug-likeness (QED) is 0.124. The van der Waals surface area contributed by atoms with Gasteiger partial charge in [0.15, 0.2) is 0 Å². The minimum atomic E-state index is -1.10. The molecule has 0 heterocycles. The van der Waals surface area contributed by atoms with Gasteiger partial charge in [0.25, 0.3) is 0 Å². The van der Waals surface area contributed by atoms with E-state index in [2.05, 4.69) is 10.6 Å². The highest BCUT2D eigenvalue weighted by atomic mass is 16.6. The largest absolute Gasteiger partial charge is 0.491 e. The molecule has 4 rings (SSSR count). The van der Waals surface area contributed by atoms with Crippen LogP contribution in [0.2, 0.25) is 0 Å². The van der Waals surface area contributed by atoms with Gasteiger partial charge < -0.3 is 44.5 Å². The molecule has 1 aliphatic rings. The number of ether oxygens (including phenoxy) is 5. The second-order valence-corrected chi connectivity index (χ2v) is 13.8. The molecule has 0 saturated heterocycles. The first-order chi connectivity index (χ1) is 24.5. The number of alkyl carbamates (subject to hydrolysis) is 1. The number of carbonyl (C=O) groups is 2. The summed E-state index contributed by atoms with van der Waals surface area (Å²) in [5, 5.41) is 28.5. The minimum Gasteiger partial charge on any atom is -0.491 e. The summed E-state index contributed by atoms with van der Waals surface area (Å²) in [5.41, 5.74) is 2.93. The summed E-state index contributed by atoms with van der Waals surface area (Å²) < 4.78 is 27.2. The first kappa shape index (κ1) is 39.8. The molecule has 2 amide bonds. The molecule has 0 bridgehead atoms. The van der Waals surface area contributed by atoms with E-state index in [0.29, 0.717) is 64.7 Å². The predicted octanol–water partition coefficient (Wildman–Crippen LogP) is 4.57. The Morgan fingerprint density at radius 3 is 2.14 bits per heavy atom. The van der Waals surface area contributed by atoms with Gasteiger partial charge in [-0.15, -0.1) is 0 Å². The number of aliphatic hydroxyl groups excluding tert-OH is 2. The number of nitrogens with one attached hydrogen (secondary N) is 2. The van der Waals surface area contributed by atoms with E-state index in [4.69, 9.17) is 23.7 Å². The predicted molar refractivity (Wildman–Crippen MR) is 194 cm³/mol. The summed E-state index contributed by atoms with van der Waals surface area (Å²) in [4.78, 5) is 26.9. The molecule has 5 atom stereocenters. The van der Waals surface area contributed by atoms with Crippen LogP contribution in [0.25, 0.3) is 0 Å². The number of rotatable bonds is 20. The van der Waals surface area contributed by atoms with E-state index in [1.807, 2.05) is 78.9 Å². The van der Waals surface area contributed by atoms with Crippen LogP contribution in [0.3, 0.4) is 0 Å². The highest BCUT2D eigenvalue weighted by Crippen LogP contribution is 2.32. The lowest BCUT2D eigenvalue weighted by molar-refractivity contribution is -0.127. The normalized spacial score (nSPS) is 17.2. The molecule has 11 nitrogen and oxygen atoms in total. The zero-order chi connectivity index (χ0) is 36.6. The molecule has 1 aliphatic carbocycles. The van der Waals surface area contributed by atoms with Crippen molar-refractivity contribution in [1.29, 1.82) is 0 Å². The van der Waals surface area contributed by atoms with Gasteiger partial charge >= 0.3 is 6.09 Å². The lowest BCUT2D eigenvalue weighted by atomic mass is 9.88. The third-order valence-corrected chi connectivity index (χ3v) is 8.57. The molecule has 3 unspecified atom stereocenters. The molecule has 278 valence electrons. The van der Waals surface area contributed by atoms with Crippen LogP contribution in [0.5, 0.6) is 5.75 Å². The number of carbonyl (C=O) groups excluding carboxylic acids is 2. The number of aliphatic hydroxyl groups is 2. The van der Waals surface area contributed by atoms with Crippen LogP contribution in [0.4, 0.5) is 4.79 Å². The molecule has 0 aromatic heterocycles. The molecule has 51 heavy (non-hydrogen) atoms. The van der Waals surface area contributed by atoms with Crippen LogP contribution in [0.15, 0.2) is 78.9 Å². The third-order valence-electron chi connectivity index (χ3n) is 8.57. The van der Waals surface area contributed by atoms with Crippen molar-refractivity contribution in [3.63, 3.8) is 0 Å². The van der Waals surface area contributed by atoms with Gasteiger partial charge in [-0.25, -0.2) is 4.79 Å². The maximum absolute atomic E-state index is 14.1. The Hall–Kier alpha value is -4.00. The number of fused-ring (bicyclic) bond motifs is 1. The van der Waals surface area contributed by atoms with Crippen LogP contribution >= 0.6 is 0 Å². The summed E-state index contributed by atoms with van der Waals surface area (Å²) in [6, 6.07) is 23.4. The van der Waals surface area contributed by atoms with Crippen LogP contribution in [-0.2, 0) is 43.0 Å². The molecule has 3 aromatic rings. The number of hydrogen-bond donors (Lipinski definition) is 4. The van der Waals surface area contributed by atoms with E-state index in [1.54, 1.807) is 27.9 Å². The number of methoxy groups -OCH3 is 1. The fraction of sp³-hybridized carbons (Fsp3) is 0.500. The smallest absolute Gasteiger partial charge is 0.407 e. The van der Waals surface area contributed by atoms with Gasteiger partial charge in [0.05, 0.1) is 57.3 Å². The van der Waals surface area contributed by atoms with E-state index in [9.17, 15) is 19.8 Å². The van der Waals surface area contributed by atoms with Crippen molar-refractivity contribution >= 4 is 12.0 Å². The summed E-state index contributed by atoms with van der Waals surface area (Å²) in [6.07, 6.45) is -1.37. The van der Waals surface area contributed by atoms with Gasteiger partial charge in [0.2, 0.25) is 5.91 Å². The van der Waals surface area contributed by atoms with Crippen molar-refractivity contribution in [3.05, 3.63) is 101 Å². The van der Waals surface area contributed by atoms with E-state index in [1.165, 1.54) is 0 Å². The Balaban J connectivity index is 1.45. The molecule has 0 radical (unpaired) electrons. The fourth-order valence-electron chi connectivity index (χ4n) is 6.06. The average Bonchev–Trinajstić information content (AvgIpc) is 3.41. The lowest BCUT2D eigenvalue weighted by Gasteiger charge is -2.29. The summed E-state index contributed by atoms with van der Waals surface area (Å²) in [6.45, 7) is 8.12. The van der Waals surface area contributed by atoms with Crippen molar-refractivity contribution in [3.8, 4) is 5.75 Å². The second kappa shape index (κ2) is 20.1. The maximum atomic E-state index is 14.1. The first-order valence-electron chi connectivity index (χ1n) is 17.7. The van der Waals surface area contributed by atoms with Crippen molar-refractivity contribution < 1.29 is 43.5 Å². The van der Waals surface area contributed by atoms with E-state index < -0.39 is 41.9 Å². The first-order valence-corrected chi connectivity index (χ1v) is 17.7. The molecule has 11 heteroatoms. The van der Waals surface area contributed by atoms with Crippen molar-refractivity contribution in [2.75, 3.05) is 46.8 Å². The Bertz CT molecular complexity index is 1480. The van der Waals surface area contributed by atoms with Gasteiger partial charge in [-0.2, -0.15) is 0 Å². The number of amides is 2. The van der Waals surface area contributed by atoms with Crippen LogP contribution in [-0.4, -0.2) is 92.8 Å². The van der Waals surface area contributed by atoms with Crippen molar-refractivity contribution in [2.45, 2.75) is 76.3 Å². The molecule has 0 fully saturated rings. The SMILES string of the molecule is COCCOCCOCCOc1ccc(CC(CC(O)C(Cc2ccccc2)NC(=O)OC(C)(C)C)C(=O)N[C@H]2c3ccccc3C[C@@H]2O)cc1. The topological polar surface area (TPSA) is 145 Å². The highest BCUT2D eigenvalue weighted by molar-refractivity contribution is 5.80. The second-order valence-electron chi connectivity index (χ2n) is 13.8. The van der Waals surface area contributed by atoms with Gasteiger partial charge in [0.1, 0.15) is 18.0 Å². The number of hydrogen-bond acceptors (Lipinski definition) is 9. The Labute approximate surface area is 301 Å². The molecule has 0 saturated carbocycles. The summed E-state index contributed by atoms with van der Waals surface area (Å²) in [7, 11) is 1.63. The van der Waals surface area contributed by atoms with Gasteiger partial charge in [0, 0.05) is 19.4 Å². The molecule has 3 aromatic carbocycles. The maximum Gasteiger partial charge on any atom is 0.407 e. The standard InChI is InChI=1S/C40H54N2O9/c1-40(2,3)51-39(46)41-34(25-28-10-6-5-7-11-28)35(43)27-31(38(45)42-37-33-13-9-8-12-30(33)26-36(37)44)24-29-14-16-32(17-15-29)50-23-22-49-21-20-48-19-18-47-4/h5-17,31,34-37,43-44H,18-27H2,1-4H3,(H,41,46)(H,42,45)/t31?,34?,35?,36-,37-/m0/s1. The minimum absolute atomic E-state index is 0.0500. The van der Waals surface area contributed by atoms with Gasteiger partial charge in [-0.1, -0.05) is 66.7 Å². The average molecular weight is 707 g/mol. The fourth-order valence-corrected chi connectivity index (χ4v) is 6.06. The highest BCUT2D eigenvalue weighted by Gasteiger charge is 2.35. The van der Waals surface area contributed by atoms with E-state index in [-0.39, 0.29) is 12.3 Å². The zero-order valence-electron chi connectivity index (χ0n) is 30.2. The van der Waals surface area contributed by atoms with Gasteiger partial charge in [-0.05, 0) is 74.4 Å². The molecule has 0 spiro atoms. The molecular formula is C40H54N2O9. The molecule has 0 aliphatic heterocycles. The Morgan fingerprint density at radius 1 is 0.824 bits per heavy atom. The number of benzene rings is 3. The Kier molecular flexibility index (Phi) is 15.7.